The molecule has 0 spiro atoms. The average molecular weight is 278 g/mol. The number of carbonyl (C=O) groups excluding carboxylic acids is 1. The number of nitrogens with zero attached hydrogens (tertiary/aromatic N) is 1. The molecule has 0 aliphatic heterocycles. The Hall–Kier alpha value is -2.40. The van der Waals surface area contributed by atoms with E-state index in [9.17, 15) is 14.9 Å². The second-order valence-corrected chi connectivity index (χ2v) is 4.07. The van der Waals surface area contributed by atoms with E-state index in [0.717, 1.165) is 0 Å². The van der Waals surface area contributed by atoms with E-state index in [0.29, 0.717) is 10.6 Å². The maximum atomic E-state index is 11.8. The Kier molecular flexibility index (Phi) is 3.77. The van der Waals surface area contributed by atoms with E-state index in [1.54, 1.807) is 24.3 Å². The van der Waals surface area contributed by atoms with Gasteiger partial charge in [0.2, 0.25) is 0 Å². The smallest absolute Gasteiger partial charge is 0.401 e. The predicted octanol–water partition coefficient (Wildman–Crippen LogP) is 3.74. The highest BCUT2D eigenvalue weighted by Gasteiger charge is 2.10. The number of nitro groups is 1. The van der Waals surface area contributed by atoms with Crippen molar-refractivity contribution in [1.82, 2.24) is 0 Å². The maximum absolute atomic E-state index is 11.8. The molecular weight excluding hydrogens is 270 g/mol. The van der Waals surface area contributed by atoms with E-state index >= 15 is 0 Å². The van der Waals surface area contributed by atoms with Crippen LogP contribution in [0.4, 0.5) is 5.88 Å². The van der Waals surface area contributed by atoms with Gasteiger partial charge in [-0.15, -0.1) is 0 Å². The number of rotatable bonds is 4. The van der Waals surface area contributed by atoms with Gasteiger partial charge in [0.1, 0.15) is 10.7 Å². The summed E-state index contributed by atoms with van der Waals surface area (Å²) in [6.45, 7) is 0. The molecule has 2 rings (SSSR count). The summed E-state index contributed by atoms with van der Waals surface area (Å²) in [6, 6.07) is 9.07. The highest BCUT2D eigenvalue weighted by Crippen LogP contribution is 2.17. The number of furan rings is 1. The van der Waals surface area contributed by atoms with Crippen LogP contribution in [0.3, 0.4) is 0 Å². The van der Waals surface area contributed by atoms with E-state index in [1.807, 2.05) is 0 Å². The van der Waals surface area contributed by atoms with Crippen LogP contribution < -0.4 is 0 Å². The predicted molar refractivity (Wildman–Crippen MR) is 70.2 cm³/mol. The van der Waals surface area contributed by atoms with Gasteiger partial charge in [0.25, 0.3) is 0 Å². The highest BCUT2D eigenvalue weighted by atomic mass is 35.5. The zero-order valence-corrected chi connectivity index (χ0v) is 10.3. The van der Waals surface area contributed by atoms with Crippen LogP contribution in [0.15, 0.2) is 46.9 Å². The van der Waals surface area contributed by atoms with Gasteiger partial charge >= 0.3 is 5.88 Å². The number of hydrogen-bond donors (Lipinski definition) is 0. The third-order valence-corrected chi connectivity index (χ3v) is 2.57. The fraction of sp³-hybridized carbons (Fsp3) is 0. The molecule has 0 radical (unpaired) electrons. The van der Waals surface area contributed by atoms with Gasteiger partial charge in [-0.1, -0.05) is 11.6 Å². The van der Waals surface area contributed by atoms with Gasteiger partial charge in [0.15, 0.2) is 5.78 Å². The summed E-state index contributed by atoms with van der Waals surface area (Å²) in [5, 5.41) is 11.0. The summed E-state index contributed by atoms with van der Waals surface area (Å²) in [5.74, 6) is -0.358. The molecule has 6 heteroatoms. The number of benzene rings is 1. The molecule has 19 heavy (non-hydrogen) atoms. The molecule has 2 aromatic rings. The van der Waals surface area contributed by atoms with Crippen molar-refractivity contribution in [1.29, 1.82) is 0 Å². The van der Waals surface area contributed by atoms with Crippen LogP contribution in [0.25, 0.3) is 6.08 Å². The zero-order chi connectivity index (χ0) is 13.8. The van der Waals surface area contributed by atoms with Crippen molar-refractivity contribution < 1.29 is 14.1 Å². The van der Waals surface area contributed by atoms with Crippen molar-refractivity contribution in [3.63, 3.8) is 0 Å². The summed E-state index contributed by atoms with van der Waals surface area (Å²) >= 11 is 5.71. The van der Waals surface area contributed by atoms with Crippen LogP contribution in [0.5, 0.6) is 0 Å². The fourth-order valence-electron chi connectivity index (χ4n) is 1.40. The summed E-state index contributed by atoms with van der Waals surface area (Å²) in [6.07, 6.45) is 2.66. The van der Waals surface area contributed by atoms with Crippen molar-refractivity contribution >= 4 is 29.3 Å². The van der Waals surface area contributed by atoms with E-state index in [4.69, 9.17) is 16.0 Å². The molecule has 5 nitrogen and oxygen atoms in total. The molecule has 1 aromatic carbocycles. The minimum absolute atomic E-state index is 0.240. The minimum Gasteiger partial charge on any atom is -0.401 e. The Morgan fingerprint density at radius 2 is 1.89 bits per heavy atom. The zero-order valence-electron chi connectivity index (χ0n) is 9.58. The van der Waals surface area contributed by atoms with Gasteiger partial charge in [0.05, 0.1) is 6.07 Å². The summed E-state index contributed by atoms with van der Waals surface area (Å²) in [5.41, 5.74) is 0.474. The Morgan fingerprint density at radius 1 is 1.21 bits per heavy atom. The Bertz CT molecular complexity index is 643. The van der Waals surface area contributed by atoms with E-state index in [2.05, 4.69) is 0 Å². The quantitative estimate of drug-likeness (QED) is 0.369. The second-order valence-electron chi connectivity index (χ2n) is 3.64. The molecule has 0 saturated heterocycles. The van der Waals surface area contributed by atoms with Crippen molar-refractivity contribution in [2.45, 2.75) is 0 Å². The Balaban J connectivity index is 2.11. The van der Waals surface area contributed by atoms with Crippen LogP contribution >= 0.6 is 11.6 Å². The molecular formula is C13H8ClNO4. The molecule has 1 heterocycles. The lowest BCUT2D eigenvalue weighted by atomic mass is 10.1. The first-order valence-corrected chi connectivity index (χ1v) is 5.66. The molecule has 0 N–H and O–H groups in total. The van der Waals surface area contributed by atoms with Crippen LogP contribution in [0.1, 0.15) is 16.1 Å². The maximum Gasteiger partial charge on any atom is 0.433 e. The third kappa shape index (κ3) is 3.29. The number of allylic oxidation sites excluding steroid dienone is 1. The van der Waals surface area contributed by atoms with E-state index < -0.39 is 4.92 Å². The number of ketones is 1. The van der Waals surface area contributed by atoms with Gasteiger partial charge in [-0.2, -0.15) is 0 Å². The lowest BCUT2D eigenvalue weighted by Crippen LogP contribution is -1.92. The molecule has 0 bridgehead atoms. The van der Waals surface area contributed by atoms with E-state index in [-0.39, 0.29) is 17.4 Å². The van der Waals surface area contributed by atoms with Crippen molar-refractivity contribution in [2.75, 3.05) is 0 Å². The molecule has 0 saturated carbocycles. The van der Waals surface area contributed by atoms with Crippen molar-refractivity contribution in [3.05, 3.63) is 68.9 Å². The summed E-state index contributed by atoms with van der Waals surface area (Å²) in [7, 11) is 0. The van der Waals surface area contributed by atoms with Crippen LogP contribution in [-0.4, -0.2) is 10.7 Å². The molecule has 1 aromatic heterocycles. The molecule has 0 aliphatic carbocycles. The van der Waals surface area contributed by atoms with Gasteiger partial charge in [0, 0.05) is 10.6 Å². The van der Waals surface area contributed by atoms with Gasteiger partial charge in [-0.3, -0.25) is 14.9 Å². The standard InChI is InChI=1S/C13H8ClNO4/c14-10-3-1-9(2-4-10)12(16)7-5-11-6-8-13(19-11)15(17)18/h1-8H. The van der Waals surface area contributed by atoms with Crippen LogP contribution in [0, 0.1) is 10.1 Å². The van der Waals surface area contributed by atoms with Crippen LogP contribution in [-0.2, 0) is 0 Å². The van der Waals surface area contributed by atoms with Gasteiger partial charge in [-0.05, 0) is 42.5 Å². The average Bonchev–Trinajstić information content (AvgIpc) is 2.86. The first-order chi connectivity index (χ1) is 9.06. The molecule has 0 atom stereocenters. The van der Waals surface area contributed by atoms with Crippen molar-refractivity contribution in [3.8, 4) is 0 Å². The SMILES string of the molecule is O=C(C=Cc1ccc([N+](=O)[O-])o1)c1ccc(Cl)cc1. The molecule has 96 valence electrons. The first-order valence-electron chi connectivity index (χ1n) is 5.28. The normalized spacial score (nSPS) is 10.8. The number of carbonyl (C=O) groups is 1. The van der Waals surface area contributed by atoms with E-state index in [1.165, 1.54) is 24.3 Å². The largest absolute Gasteiger partial charge is 0.433 e. The first kappa shape index (κ1) is 13.0. The molecule has 0 fully saturated rings. The lowest BCUT2D eigenvalue weighted by molar-refractivity contribution is -0.402. The molecule has 0 aliphatic rings. The van der Waals surface area contributed by atoms with Gasteiger partial charge in [-0.25, -0.2) is 0 Å². The highest BCUT2D eigenvalue weighted by molar-refractivity contribution is 6.30. The van der Waals surface area contributed by atoms with Gasteiger partial charge < -0.3 is 4.42 Å². The minimum atomic E-state index is -0.641. The Labute approximate surface area is 113 Å². The molecule has 0 unspecified atom stereocenters. The summed E-state index contributed by atoms with van der Waals surface area (Å²) < 4.78 is 4.89. The summed E-state index contributed by atoms with van der Waals surface area (Å²) in [4.78, 5) is 21.5. The third-order valence-electron chi connectivity index (χ3n) is 2.32. The monoisotopic (exact) mass is 277 g/mol. The van der Waals surface area contributed by atoms with Crippen molar-refractivity contribution in [2.24, 2.45) is 0 Å². The number of halogens is 1. The second kappa shape index (κ2) is 5.49. The van der Waals surface area contributed by atoms with Crippen LogP contribution in [0.2, 0.25) is 5.02 Å². The molecule has 0 amide bonds. The topological polar surface area (TPSA) is 73.3 Å². The Morgan fingerprint density at radius 3 is 2.47 bits per heavy atom. The fourth-order valence-corrected chi connectivity index (χ4v) is 1.52. The number of hydrogen-bond acceptors (Lipinski definition) is 4. The lowest BCUT2D eigenvalue weighted by Gasteiger charge is -1.94.